The highest BCUT2D eigenvalue weighted by atomic mass is 19.2. The van der Waals surface area contributed by atoms with Crippen LogP contribution in [0.4, 0.5) is 13.2 Å². The summed E-state index contributed by atoms with van der Waals surface area (Å²) in [5, 5.41) is 0. The molecule has 0 spiro atoms. The van der Waals surface area contributed by atoms with E-state index in [1.54, 1.807) is 37.3 Å². The van der Waals surface area contributed by atoms with E-state index >= 15 is 0 Å². The molecule has 0 fully saturated rings. The Kier molecular flexibility index (Phi) is 6.81. The van der Waals surface area contributed by atoms with Crippen LogP contribution in [0.2, 0.25) is 0 Å². The summed E-state index contributed by atoms with van der Waals surface area (Å²) < 4.78 is 53.3. The number of hydrogen-bond acceptors (Lipinski definition) is 2. The van der Waals surface area contributed by atoms with Gasteiger partial charge in [0.15, 0.2) is 11.6 Å². The van der Waals surface area contributed by atoms with E-state index in [1.807, 2.05) is 13.0 Å². The van der Waals surface area contributed by atoms with E-state index in [4.69, 9.17) is 9.47 Å². The van der Waals surface area contributed by atoms with Crippen molar-refractivity contribution < 1.29 is 22.6 Å². The van der Waals surface area contributed by atoms with E-state index in [-0.39, 0.29) is 30.3 Å². The summed E-state index contributed by atoms with van der Waals surface area (Å²) in [6.07, 6.45) is 1.79. The maximum absolute atomic E-state index is 14.3. The first-order valence-corrected chi connectivity index (χ1v) is 9.64. The second kappa shape index (κ2) is 9.50. The quantitative estimate of drug-likeness (QED) is 0.419. The van der Waals surface area contributed by atoms with Gasteiger partial charge in [0.05, 0.1) is 6.61 Å². The number of aryl methyl sites for hydroxylation is 1. The fourth-order valence-electron chi connectivity index (χ4n) is 3.07. The zero-order valence-electron chi connectivity index (χ0n) is 16.5. The van der Waals surface area contributed by atoms with E-state index in [1.165, 1.54) is 18.2 Å². The van der Waals surface area contributed by atoms with Crippen molar-refractivity contribution in [3.8, 4) is 22.6 Å². The van der Waals surface area contributed by atoms with Gasteiger partial charge in [-0.05, 0) is 54.8 Å². The predicted molar refractivity (Wildman–Crippen MR) is 108 cm³/mol. The highest BCUT2D eigenvalue weighted by Crippen LogP contribution is 2.31. The zero-order valence-corrected chi connectivity index (χ0v) is 16.5. The monoisotopic (exact) mass is 400 g/mol. The van der Waals surface area contributed by atoms with E-state index in [2.05, 4.69) is 0 Å². The molecule has 0 aliphatic carbocycles. The number of rotatable bonds is 8. The van der Waals surface area contributed by atoms with Gasteiger partial charge in [0, 0.05) is 11.1 Å². The Morgan fingerprint density at radius 1 is 0.793 bits per heavy atom. The van der Waals surface area contributed by atoms with Gasteiger partial charge < -0.3 is 9.47 Å². The second-order valence-electron chi connectivity index (χ2n) is 6.66. The first kappa shape index (κ1) is 20.8. The molecule has 3 aromatic rings. The molecular formula is C24H23F3O2. The van der Waals surface area contributed by atoms with Gasteiger partial charge in [0.1, 0.15) is 18.2 Å². The molecule has 0 amide bonds. The Labute approximate surface area is 168 Å². The summed E-state index contributed by atoms with van der Waals surface area (Å²) in [6, 6.07) is 14.6. The molecule has 0 unspecified atom stereocenters. The molecule has 0 saturated carbocycles. The average molecular weight is 400 g/mol. The lowest BCUT2D eigenvalue weighted by atomic mass is 10.0. The summed E-state index contributed by atoms with van der Waals surface area (Å²) in [5.74, 6) is -1.86. The van der Waals surface area contributed by atoms with Gasteiger partial charge in [-0.1, -0.05) is 37.6 Å². The lowest BCUT2D eigenvalue weighted by Gasteiger charge is -2.11. The van der Waals surface area contributed by atoms with Crippen LogP contribution in [-0.4, -0.2) is 6.61 Å². The molecule has 0 radical (unpaired) electrons. The van der Waals surface area contributed by atoms with Crippen LogP contribution in [0.3, 0.4) is 0 Å². The summed E-state index contributed by atoms with van der Waals surface area (Å²) in [5.41, 5.74) is 2.07. The molecule has 152 valence electrons. The van der Waals surface area contributed by atoms with Crippen LogP contribution in [0.25, 0.3) is 11.1 Å². The minimum atomic E-state index is -1.01. The van der Waals surface area contributed by atoms with Gasteiger partial charge >= 0.3 is 0 Å². The molecule has 29 heavy (non-hydrogen) atoms. The number of halogens is 3. The van der Waals surface area contributed by atoms with Crippen molar-refractivity contribution in [2.24, 2.45) is 0 Å². The molecule has 0 saturated heterocycles. The van der Waals surface area contributed by atoms with Crippen LogP contribution in [-0.2, 0) is 13.0 Å². The van der Waals surface area contributed by atoms with Gasteiger partial charge in [-0.2, -0.15) is 4.39 Å². The predicted octanol–water partition coefficient (Wildman–Crippen LogP) is 6.70. The van der Waals surface area contributed by atoms with Crippen LogP contribution >= 0.6 is 0 Å². The number of benzene rings is 3. The minimum absolute atomic E-state index is 0.0869. The number of hydrogen-bond donors (Lipinski definition) is 0. The summed E-state index contributed by atoms with van der Waals surface area (Å²) in [6.45, 7) is 4.09. The standard InChI is InChI=1S/C24H23F3O2/c1-3-5-16-6-7-18(21(25)14-16)15-29-19-10-8-17(9-11-19)20-12-13-22(28-4-2)24(27)23(20)26/h6-14H,3-5,15H2,1-2H3. The first-order chi connectivity index (χ1) is 14.0. The largest absolute Gasteiger partial charge is 0.491 e. The topological polar surface area (TPSA) is 18.5 Å². The van der Waals surface area contributed by atoms with Crippen molar-refractivity contribution in [1.82, 2.24) is 0 Å². The van der Waals surface area contributed by atoms with Gasteiger partial charge in [-0.3, -0.25) is 0 Å². The van der Waals surface area contributed by atoms with Crippen molar-refractivity contribution in [2.45, 2.75) is 33.3 Å². The molecule has 2 nitrogen and oxygen atoms in total. The van der Waals surface area contributed by atoms with Crippen molar-refractivity contribution in [1.29, 1.82) is 0 Å². The SMILES string of the molecule is CCCc1ccc(COc2ccc(-c3ccc(OCC)c(F)c3F)cc2)c(F)c1. The van der Waals surface area contributed by atoms with Gasteiger partial charge in [-0.15, -0.1) is 0 Å². The zero-order chi connectivity index (χ0) is 20.8. The molecule has 0 aliphatic heterocycles. The molecule has 5 heteroatoms. The summed E-state index contributed by atoms with van der Waals surface area (Å²) in [4.78, 5) is 0. The Bertz CT molecular complexity index is 969. The highest BCUT2D eigenvalue weighted by Gasteiger charge is 2.15. The fourth-order valence-corrected chi connectivity index (χ4v) is 3.07. The molecule has 0 aromatic heterocycles. The summed E-state index contributed by atoms with van der Waals surface area (Å²) in [7, 11) is 0. The maximum atomic E-state index is 14.3. The van der Waals surface area contributed by atoms with Crippen LogP contribution in [0, 0.1) is 17.5 Å². The molecule has 0 N–H and O–H groups in total. The van der Waals surface area contributed by atoms with Crippen molar-refractivity contribution in [3.63, 3.8) is 0 Å². The fraction of sp³-hybridized carbons (Fsp3) is 0.250. The van der Waals surface area contributed by atoms with Crippen LogP contribution in [0.1, 0.15) is 31.4 Å². The highest BCUT2D eigenvalue weighted by molar-refractivity contribution is 5.66. The molecule has 0 heterocycles. The van der Waals surface area contributed by atoms with Gasteiger partial charge in [0.2, 0.25) is 5.82 Å². The third kappa shape index (κ3) is 4.91. The van der Waals surface area contributed by atoms with Crippen LogP contribution in [0.15, 0.2) is 54.6 Å². The van der Waals surface area contributed by atoms with Gasteiger partial charge in [0.25, 0.3) is 0 Å². The van der Waals surface area contributed by atoms with E-state index in [0.29, 0.717) is 16.9 Å². The minimum Gasteiger partial charge on any atom is -0.491 e. The van der Waals surface area contributed by atoms with E-state index < -0.39 is 11.6 Å². The summed E-state index contributed by atoms with van der Waals surface area (Å²) >= 11 is 0. The normalized spacial score (nSPS) is 10.8. The smallest absolute Gasteiger partial charge is 0.201 e. The number of ether oxygens (including phenoxy) is 2. The van der Waals surface area contributed by atoms with Crippen molar-refractivity contribution >= 4 is 0 Å². The average Bonchev–Trinajstić information content (AvgIpc) is 2.72. The molecule has 0 aliphatic rings. The Balaban J connectivity index is 1.70. The molecule has 3 rings (SSSR count). The molecule has 0 atom stereocenters. The lowest BCUT2D eigenvalue weighted by Crippen LogP contribution is -2.00. The van der Waals surface area contributed by atoms with Crippen molar-refractivity contribution in [2.75, 3.05) is 6.61 Å². The molecule has 0 bridgehead atoms. The first-order valence-electron chi connectivity index (χ1n) is 9.64. The van der Waals surface area contributed by atoms with Crippen molar-refractivity contribution in [3.05, 3.63) is 83.2 Å². The Morgan fingerprint density at radius 2 is 1.55 bits per heavy atom. The Morgan fingerprint density at radius 3 is 2.21 bits per heavy atom. The molecular weight excluding hydrogens is 377 g/mol. The van der Waals surface area contributed by atoms with E-state index in [0.717, 1.165) is 18.4 Å². The maximum Gasteiger partial charge on any atom is 0.201 e. The van der Waals surface area contributed by atoms with Crippen LogP contribution in [0.5, 0.6) is 11.5 Å². The van der Waals surface area contributed by atoms with Crippen LogP contribution < -0.4 is 9.47 Å². The van der Waals surface area contributed by atoms with Gasteiger partial charge in [-0.25, -0.2) is 8.78 Å². The lowest BCUT2D eigenvalue weighted by molar-refractivity contribution is 0.300. The Hall–Kier alpha value is -2.95. The third-order valence-electron chi connectivity index (χ3n) is 4.56. The third-order valence-corrected chi connectivity index (χ3v) is 4.56. The second-order valence-corrected chi connectivity index (χ2v) is 6.66. The molecule has 3 aromatic carbocycles. The van der Waals surface area contributed by atoms with E-state index in [9.17, 15) is 13.2 Å².